The Balaban J connectivity index is 0.994. The second kappa shape index (κ2) is 25.2. The lowest BCUT2D eigenvalue weighted by Crippen LogP contribution is -2.54. The van der Waals surface area contributed by atoms with Crippen molar-refractivity contribution in [2.75, 3.05) is 56.7 Å². The highest BCUT2D eigenvalue weighted by Gasteiger charge is 2.45. The van der Waals surface area contributed by atoms with Crippen LogP contribution in [-0.4, -0.2) is 114 Å². The van der Waals surface area contributed by atoms with Crippen molar-refractivity contribution in [2.45, 2.75) is 79.4 Å². The zero-order valence-electron chi connectivity index (χ0n) is 39.6. The number of aryl methyl sites for hydroxylation is 2. The average molecular weight is 956 g/mol. The molecule has 22 heteroatoms. The van der Waals surface area contributed by atoms with Crippen LogP contribution < -0.4 is 53.6 Å². The van der Waals surface area contributed by atoms with Crippen LogP contribution in [0.3, 0.4) is 0 Å². The number of amides is 6. The van der Waals surface area contributed by atoms with E-state index in [0.717, 1.165) is 26.9 Å². The van der Waals surface area contributed by atoms with Gasteiger partial charge in [0.15, 0.2) is 0 Å². The molecule has 1 fully saturated rings. The fraction of sp³-hybridized carbons (Fsp3) is 0.404. The number of allylic oxidation sites excluding steroid dienone is 1. The van der Waals surface area contributed by atoms with E-state index in [-0.39, 0.29) is 86.7 Å². The van der Waals surface area contributed by atoms with Crippen molar-refractivity contribution in [3.05, 3.63) is 103 Å². The SMILES string of the molecule is CCN(CCNCNC(=O)CCOOOOCCNc1cccc2c1C(=O)N(C1CCC(=O)NC1=O)C2=O)C(=N)C=CC(C)=c1cc(NC(C)C)c(=CN)c(C(=O)NCc2c(C)cc(C)[nH]c2=O)c1. The van der Waals surface area contributed by atoms with Gasteiger partial charge >= 0.3 is 0 Å². The summed E-state index contributed by atoms with van der Waals surface area (Å²) in [5.41, 5.74) is 10.1. The molecule has 69 heavy (non-hydrogen) atoms. The van der Waals surface area contributed by atoms with Gasteiger partial charge in [0.25, 0.3) is 23.3 Å². The molecule has 1 aromatic heterocycles. The first-order valence-electron chi connectivity index (χ1n) is 22.5. The summed E-state index contributed by atoms with van der Waals surface area (Å²) in [7, 11) is 0. The van der Waals surface area contributed by atoms with Gasteiger partial charge in [-0.05, 0) is 111 Å². The molecule has 0 radical (unpaired) electrons. The number of benzene rings is 2. The highest BCUT2D eigenvalue weighted by Crippen LogP contribution is 2.32. The molecule has 370 valence electrons. The summed E-state index contributed by atoms with van der Waals surface area (Å²) in [6.45, 7) is 13.0. The Labute approximate surface area is 398 Å². The maximum Gasteiger partial charge on any atom is 0.264 e. The standard InChI is InChI=1S/C47H61N11O11/c1-7-57(39(49)13-11-28(4)31-22-33(34(24-48)37(23-31)54-27(2)3)43(61)52-25-35-29(5)21-30(6)55-44(35)62)18-16-50-26-53-40(59)15-19-66-68-69-67-20-17-51-36-10-8-9-32-42(36)47(65)58(46(32)64)38-12-14-41(60)56-45(38)63/h8-11,13,21-24,27,38,49-51,54H,7,12,14-20,25-26,48H2,1-6H3,(H,52,61)(H,53,59)(H,55,62)(H,56,60,63). The number of likely N-dealkylation sites (N-methyl/N-ethyl adjacent to an activating group) is 1. The number of fused-ring (bicyclic) bond motifs is 1. The summed E-state index contributed by atoms with van der Waals surface area (Å²) >= 11 is 0. The van der Waals surface area contributed by atoms with Crippen LogP contribution in [0.25, 0.3) is 11.8 Å². The summed E-state index contributed by atoms with van der Waals surface area (Å²) < 4.78 is 0. The van der Waals surface area contributed by atoms with Crippen molar-refractivity contribution in [2.24, 2.45) is 5.73 Å². The van der Waals surface area contributed by atoms with E-state index in [1.807, 2.05) is 57.7 Å². The number of nitrogens with zero attached hydrogens (tertiary/aromatic N) is 2. The molecule has 6 amide bonds. The summed E-state index contributed by atoms with van der Waals surface area (Å²) in [6, 6.07) is 9.13. The Morgan fingerprint density at radius 1 is 0.986 bits per heavy atom. The van der Waals surface area contributed by atoms with Gasteiger partial charge in [0.05, 0.1) is 36.4 Å². The highest BCUT2D eigenvalue weighted by atomic mass is 17.7. The third-order valence-electron chi connectivity index (χ3n) is 11.1. The van der Waals surface area contributed by atoms with Crippen molar-refractivity contribution >= 4 is 64.4 Å². The zero-order chi connectivity index (χ0) is 50.2. The van der Waals surface area contributed by atoms with E-state index in [9.17, 15) is 33.6 Å². The van der Waals surface area contributed by atoms with E-state index < -0.39 is 35.6 Å². The molecule has 2 aliphatic rings. The number of carbonyl (C=O) groups is 6. The number of amidine groups is 1. The lowest BCUT2D eigenvalue weighted by molar-refractivity contribution is -0.633. The van der Waals surface area contributed by atoms with E-state index in [1.165, 1.54) is 12.3 Å². The van der Waals surface area contributed by atoms with Gasteiger partial charge in [-0.3, -0.25) is 54.5 Å². The molecule has 0 saturated carbocycles. The van der Waals surface area contributed by atoms with Gasteiger partial charge < -0.3 is 36.9 Å². The van der Waals surface area contributed by atoms with E-state index in [1.54, 1.807) is 31.2 Å². The third kappa shape index (κ3) is 14.2. The maximum atomic E-state index is 13.6. The molecule has 0 aliphatic carbocycles. The van der Waals surface area contributed by atoms with Crippen LogP contribution >= 0.6 is 0 Å². The molecular weight excluding hydrogens is 895 g/mol. The number of imide groups is 2. The van der Waals surface area contributed by atoms with E-state index in [4.69, 9.17) is 20.9 Å². The molecule has 22 nitrogen and oxygen atoms in total. The van der Waals surface area contributed by atoms with Gasteiger partial charge in [0.2, 0.25) is 17.7 Å². The molecule has 5 rings (SSSR count). The Bertz CT molecular complexity index is 2650. The first-order valence-corrected chi connectivity index (χ1v) is 22.5. The van der Waals surface area contributed by atoms with Crippen molar-refractivity contribution in [3.8, 4) is 0 Å². The Morgan fingerprint density at radius 2 is 1.74 bits per heavy atom. The van der Waals surface area contributed by atoms with E-state index in [2.05, 4.69) is 47.0 Å². The molecule has 2 aromatic carbocycles. The molecule has 2 aliphatic heterocycles. The number of piperidine rings is 1. The topological polar surface area (TPSA) is 301 Å². The third-order valence-corrected chi connectivity index (χ3v) is 11.1. The van der Waals surface area contributed by atoms with Crippen molar-refractivity contribution < 1.29 is 48.6 Å². The second-order valence-electron chi connectivity index (χ2n) is 16.5. The minimum atomic E-state index is -1.08. The number of pyridine rings is 1. The van der Waals surface area contributed by atoms with E-state index >= 15 is 0 Å². The van der Waals surface area contributed by atoms with Crippen molar-refractivity contribution in [3.63, 3.8) is 0 Å². The predicted octanol–water partition coefficient (Wildman–Crippen LogP) is 0.843. The fourth-order valence-corrected chi connectivity index (χ4v) is 7.58. The van der Waals surface area contributed by atoms with Gasteiger partial charge in [-0.2, -0.15) is 0 Å². The molecule has 10 N–H and O–H groups in total. The van der Waals surface area contributed by atoms with Gasteiger partial charge in [0, 0.05) is 79.2 Å². The first-order chi connectivity index (χ1) is 33.0. The maximum absolute atomic E-state index is 13.6. The van der Waals surface area contributed by atoms with Crippen LogP contribution in [-0.2, 0) is 40.8 Å². The number of anilines is 2. The molecular formula is C47H61N11O11. The number of hydrogen-bond donors (Lipinski definition) is 9. The Morgan fingerprint density at radius 3 is 2.43 bits per heavy atom. The van der Waals surface area contributed by atoms with Gasteiger partial charge in [-0.15, -0.1) is 0 Å². The zero-order valence-corrected chi connectivity index (χ0v) is 39.6. The average Bonchev–Trinajstić information content (AvgIpc) is 3.56. The van der Waals surface area contributed by atoms with Crippen LogP contribution in [0.4, 0.5) is 11.4 Å². The number of rotatable bonds is 24. The normalized spacial score (nSPS) is 15.4. The quantitative estimate of drug-likeness (QED) is 0.0114. The van der Waals surface area contributed by atoms with Crippen LogP contribution in [0.1, 0.15) is 94.9 Å². The Kier molecular flexibility index (Phi) is 19.3. The van der Waals surface area contributed by atoms with Crippen LogP contribution in [0.5, 0.6) is 0 Å². The predicted molar refractivity (Wildman–Crippen MR) is 255 cm³/mol. The molecule has 3 heterocycles. The molecule has 1 unspecified atom stereocenters. The van der Waals surface area contributed by atoms with Crippen LogP contribution in [0.15, 0.2) is 53.3 Å². The Hall–Kier alpha value is -7.24. The van der Waals surface area contributed by atoms with Gasteiger partial charge in [-0.25, -0.2) is 9.78 Å². The minimum Gasteiger partial charge on any atom is -0.404 e. The van der Waals surface area contributed by atoms with Gasteiger partial charge in [-0.1, -0.05) is 12.1 Å². The summed E-state index contributed by atoms with van der Waals surface area (Å²) in [5, 5.41) is 36.2. The van der Waals surface area contributed by atoms with Gasteiger partial charge in [0.1, 0.15) is 18.5 Å². The molecule has 0 bridgehead atoms. The smallest absolute Gasteiger partial charge is 0.264 e. The summed E-state index contributed by atoms with van der Waals surface area (Å²) in [6.07, 6.45) is 4.88. The van der Waals surface area contributed by atoms with Crippen LogP contribution in [0, 0.1) is 19.3 Å². The van der Waals surface area contributed by atoms with E-state index in [0.29, 0.717) is 47.4 Å². The monoisotopic (exact) mass is 955 g/mol. The number of aromatic amines is 1. The first kappa shape index (κ1) is 52.7. The molecule has 1 saturated heterocycles. The minimum absolute atomic E-state index is 0.0146. The number of H-pyrrole nitrogens is 1. The highest BCUT2D eigenvalue weighted by molar-refractivity contribution is 6.25. The number of nitrogens with one attached hydrogen (secondary N) is 8. The molecule has 1 atom stereocenters. The number of aromatic nitrogens is 1. The summed E-state index contributed by atoms with van der Waals surface area (Å²) in [4.78, 5) is 104. The lowest BCUT2D eigenvalue weighted by atomic mass is 10.0. The van der Waals surface area contributed by atoms with Crippen LogP contribution in [0.2, 0.25) is 0 Å². The number of carbonyl (C=O) groups excluding carboxylic acids is 6. The fourth-order valence-electron chi connectivity index (χ4n) is 7.58. The second-order valence-corrected chi connectivity index (χ2v) is 16.5. The number of nitrogens with two attached hydrogens (primary N) is 1. The lowest BCUT2D eigenvalue weighted by Gasteiger charge is -2.27. The molecule has 3 aromatic rings. The summed E-state index contributed by atoms with van der Waals surface area (Å²) in [5.74, 6) is -2.89. The number of hydrogen-bond acceptors (Lipinski definition) is 16. The largest absolute Gasteiger partial charge is 0.404 e. The van der Waals surface area contributed by atoms with Crippen molar-refractivity contribution in [1.82, 2.24) is 36.1 Å². The van der Waals surface area contributed by atoms with Crippen molar-refractivity contribution in [1.29, 1.82) is 5.41 Å². The molecule has 0 spiro atoms.